The third kappa shape index (κ3) is 2.43. The minimum absolute atomic E-state index is 0.286. The van der Waals surface area contributed by atoms with E-state index in [1.54, 1.807) is 32.9 Å². The van der Waals surface area contributed by atoms with Crippen molar-refractivity contribution in [2.75, 3.05) is 6.61 Å². The largest absolute Gasteiger partial charge is 0.465 e. The molecule has 16 heavy (non-hydrogen) atoms. The predicted molar refractivity (Wildman–Crippen MR) is 63.8 cm³/mol. The van der Waals surface area contributed by atoms with Gasteiger partial charge in [-0.05, 0) is 32.9 Å². The molecule has 0 radical (unpaired) electrons. The van der Waals surface area contributed by atoms with Gasteiger partial charge in [0.05, 0.1) is 12.0 Å². The zero-order valence-corrected chi connectivity index (χ0v) is 11.1. The van der Waals surface area contributed by atoms with E-state index in [4.69, 9.17) is 4.74 Å². The molecule has 88 valence electrons. The molecule has 0 saturated carbocycles. The molecule has 0 aliphatic rings. The van der Waals surface area contributed by atoms with Gasteiger partial charge in [-0.25, -0.2) is 4.39 Å². The molecule has 1 rings (SSSR count). The third-order valence-corrected chi connectivity index (χ3v) is 3.03. The van der Waals surface area contributed by atoms with Crippen LogP contribution in [0, 0.1) is 5.82 Å². The maximum absolute atomic E-state index is 13.7. The molecule has 1 aromatic rings. The maximum Gasteiger partial charge on any atom is 0.316 e. The molecule has 0 N–H and O–H groups in total. The number of hydrogen-bond donors (Lipinski definition) is 0. The second-order valence-electron chi connectivity index (χ2n) is 3.94. The average molecular weight is 289 g/mol. The first kappa shape index (κ1) is 13.2. The van der Waals surface area contributed by atoms with Gasteiger partial charge in [0.1, 0.15) is 5.82 Å². The number of benzene rings is 1. The summed E-state index contributed by atoms with van der Waals surface area (Å²) in [4.78, 5) is 11.8. The molecule has 0 atom stereocenters. The fourth-order valence-corrected chi connectivity index (χ4v) is 2.35. The fraction of sp³-hybridized carbons (Fsp3) is 0.417. The highest BCUT2D eigenvalue weighted by molar-refractivity contribution is 9.10. The summed E-state index contributed by atoms with van der Waals surface area (Å²) < 4.78 is 19.2. The van der Waals surface area contributed by atoms with Crippen LogP contribution in [0.15, 0.2) is 22.7 Å². The second kappa shape index (κ2) is 4.95. The molecule has 0 fully saturated rings. The Hall–Kier alpha value is -0.900. The standard InChI is InChI=1S/C12H14BrFO2/c1-4-16-11(15)12(2,3)10-8(13)6-5-7-9(10)14/h5-7H,4H2,1-3H3. The van der Waals surface area contributed by atoms with Gasteiger partial charge in [0.25, 0.3) is 0 Å². The van der Waals surface area contributed by atoms with E-state index in [-0.39, 0.29) is 6.61 Å². The number of ether oxygens (including phenoxy) is 1. The molecule has 1 aromatic carbocycles. The summed E-state index contributed by atoms with van der Waals surface area (Å²) in [6, 6.07) is 4.63. The number of halogens is 2. The Morgan fingerprint density at radius 2 is 2.12 bits per heavy atom. The van der Waals surface area contributed by atoms with Crippen molar-refractivity contribution in [3.63, 3.8) is 0 Å². The Labute approximate surface area is 103 Å². The number of rotatable bonds is 3. The molecule has 0 aliphatic heterocycles. The highest BCUT2D eigenvalue weighted by Crippen LogP contribution is 2.33. The third-order valence-electron chi connectivity index (χ3n) is 2.37. The Morgan fingerprint density at radius 3 is 2.62 bits per heavy atom. The first-order valence-electron chi connectivity index (χ1n) is 5.03. The van der Waals surface area contributed by atoms with Crippen molar-refractivity contribution in [2.24, 2.45) is 0 Å². The zero-order valence-electron chi connectivity index (χ0n) is 9.51. The summed E-state index contributed by atoms with van der Waals surface area (Å²) in [5, 5.41) is 0. The van der Waals surface area contributed by atoms with Crippen LogP contribution in [0.5, 0.6) is 0 Å². The summed E-state index contributed by atoms with van der Waals surface area (Å²) in [5.74, 6) is -0.840. The second-order valence-corrected chi connectivity index (χ2v) is 4.80. The van der Waals surface area contributed by atoms with E-state index in [9.17, 15) is 9.18 Å². The van der Waals surface area contributed by atoms with Gasteiger partial charge in [-0.1, -0.05) is 22.0 Å². The lowest BCUT2D eigenvalue weighted by Gasteiger charge is -2.24. The normalized spacial score (nSPS) is 11.3. The molecule has 0 bridgehead atoms. The maximum atomic E-state index is 13.7. The van der Waals surface area contributed by atoms with Crippen LogP contribution in [-0.2, 0) is 14.9 Å². The smallest absolute Gasteiger partial charge is 0.316 e. The van der Waals surface area contributed by atoms with E-state index in [1.807, 2.05) is 0 Å². The SMILES string of the molecule is CCOC(=O)C(C)(C)c1c(F)cccc1Br. The first-order valence-corrected chi connectivity index (χ1v) is 5.82. The first-order chi connectivity index (χ1) is 7.41. The summed E-state index contributed by atoms with van der Waals surface area (Å²) in [7, 11) is 0. The van der Waals surface area contributed by atoms with Crippen LogP contribution in [0.3, 0.4) is 0 Å². The molecule has 2 nitrogen and oxygen atoms in total. The lowest BCUT2D eigenvalue weighted by Crippen LogP contribution is -2.32. The molecular formula is C12H14BrFO2. The van der Waals surface area contributed by atoms with Gasteiger partial charge in [-0.15, -0.1) is 0 Å². The molecule has 4 heteroatoms. The minimum atomic E-state index is -1.000. The molecule has 0 heterocycles. The van der Waals surface area contributed by atoms with Gasteiger partial charge in [-0.3, -0.25) is 4.79 Å². The Balaban J connectivity index is 3.21. The number of carbonyl (C=O) groups is 1. The van der Waals surface area contributed by atoms with E-state index in [2.05, 4.69) is 15.9 Å². The Bertz CT molecular complexity index is 382. The molecule has 0 saturated heterocycles. The average Bonchev–Trinajstić information content (AvgIpc) is 2.17. The topological polar surface area (TPSA) is 26.3 Å². The van der Waals surface area contributed by atoms with E-state index < -0.39 is 17.2 Å². The van der Waals surface area contributed by atoms with Crippen molar-refractivity contribution in [2.45, 2.75) is 26.2 Å². The summed E-state index contributed by atoms with van der Waals surface area (Å²) >= 11 is 3.25. The lowest BCUT2D eigenvalue weighted by molar-refractivity contribution is -0.148. The Morgan fingerprint density at radius 1 is 1.50 bits per heavy atom. The monoisotopic (exact) mass is 288 g/mol. The van der Waals surface area contributed by atoms with Crippen molar-refractivity contribution in [3.05, 3.63) is 34.1 Å². The lowest BCUT2D eigenvalue weighted by atomic mass is 9.84. The van der Waals surface area contributed by atoms with E-state index in [1.165, 1.54) is 6.07 Å². The van der Waals surface area contributed by atoms with Crippen LogP contribution in [0.1, 0.15) is 26.3 Å². The summed E-state index contributed by atoms with van der Waals surface area (Å²) in [6.45, 7) is 5.31. The van der Waals surface area contributed by atoms with Crippen LogP contribution < -0.4 is 0 Å². The molecule has 0 aliphatic carbocycles. The Kier molecular flexibility index (Phi) is 4.08. The van der Waals surface area contributed by atoms with Crippen molar-refractivity contribution in [1.82, 2.24) is 0 Å². The van der Waals surface area contributed by atoms with Crippen LogP contribution >= 0.6 is 15.9 Å². The minimum Gasteiger partial charge on any atom is -0.465 e. The number of carbonyl (C=O) groups excluding carboxylic acids is 1. The number of esters is 1. The van der Waals surface area contributed by atoms with Gasteiger partial charge in [-0.2, -0.15) is 0 Å². The van der Waals surface area contributed by atoms with Crippen molar-refractivity contribution in [1.29, 1.82) is 0 Å². The van der Waals surface area contributed by atoms with Crippen LogP contribution in [-0.4, -0.2) is 12.6 Å². The van der Waals surface area contributed by atoms with Crippen LogP contribution in [0.25, 0.3) is 0 Å². The van der Waals surface area contributed by atoms with E-state index in [0.717, 1.165) is 0 Å². The van der Waals surface area contributed by atoms with Crippen LogP contribution in [0.2, 0.25) is 0 Å². The quantitative estimate of drug-likeness (QED) is 0.797. The van der Waals surface area contributed by atoms with Crippen LogP contribution in [0.4, 0.5) is 4.39 Å². The molecule has 0 unspecified atom stereocenters. The van der Waals surface area contributed by atoms with E-state index in [0.29, 0.717) is 10.0 Å². The molecule has 0 amide bonds. The van der Waals surface area contributed by atoms with Crippen molar-refractivity contribution >= 4 is 21.9 Å². The van der Waals surface area contributed by atoms with Gasteiger partial charge in [0, 0.05) is 10.0 Å². The highest BCUT2D eigenvalue weighted by atomic mass is 79.9. The van der Waals surface area contributed by atoms with Gasteiger partial charge < -0.3 is 4.74 Å². The molecular weight excluding hydrogens is 275 g/mol. The van der Waals surface area contributed by atoms with Crippen molar-refractivity contribution < 1.29 is 13.9 Å². The number of hydrogen-bond acceptors (Lipinski definition) is 2. The summed E-state index contributed by atoms with van der Waals surface area (Å²) in [5.41, 5.74) is -0.673. The molecule has 0 spiro atoms. The predicted octanol–water partition coefficient (Wildman–Crippen LogP) is 3.43. The highest BCUT2D eigenvalue weighted by Gasteiger charge is 2.35. The van der Waals surface area contributed by atoms with Crippen molar-refractivity contribution in [3.8, 4) is 0 Å². The molecule has 0 aromatic heterocycles. The fourth-order valence-electron chi connectivity index (χ4n) is 1.51. The van der Waals surface area contributed by atoms with E-state index >= 15 is 0 Å². The van der Waals surface area contributed by atoms with Gasteiger partial charge in [0.2, 0.25) is 0 Å². The zero-order chi connectivity index (χ0) is 12.3. The van der Waals surface area contributed by atoms with Gasteiger partial charge in [0.15, 0.2) is 0 Å². The summed E-state index contributed by atoms with van der Waals surface area (Å²) in [6.07, 6.45) is 0. The van der Waals surface area contributed by atoms with Gasteiger partial charge >= 0.3 is 5.97 Å².